The zero-order chi connectivity index (χ0) is 12.8. The topological polar surface area (TPSA) is 63.5 Å². The van der Waals surface area contributed by atoms with Crippen LogP contribution in [0.2, 0.25) is 0 Å². The second kappa shape index (κ2) is 6.20. The number of hydrogen-bond donors (Lipinski definition) is 0. The molecule has 1 aromatic rings. The molecule has 92 valence electrons. The van der Waals surface area contributed by atoms with Crippen LogP contribution in [0.25, 0.3) is 0 Å². The molecule has 0 aromatic heterocycles. The fraction of sp³-hybridized carbons (Fsp3) is 0.364. The molecule has 6 heteroatoms. The third-order valence-corrected chi connectivity index (χ3v) is 2.52. The van der Waals surface area contributed by atoms with E-state index in [1.54, 1.807) is 0 Å². The van der Waals surface area contributed by atoms with E-state index >= 15 is 0 Å². The Morgan fingerprint density at radius 1 is 1.41 bits per heavy atom. The van der Waals surface area contributed by atoms with Crippen molar-refractivity contribution in [3.8, 4) is 0 Å². The van der Waals surface area contributed by atoms with Crippen LogP contribution in [0.4, 0.5) is 16.2 Å². The number of rotatable bonds is 5. The standard InChI is InChI=1S/C11H13ClN2O3/c1-2-3-8-13(11(12)15)9-4-6-10(7-5-9)14(16)17/h4-7H,2-3,8H2,1H3. The monoisotopic (exact) mass is 256 g/mol. The van der Waals surface area contributed by atoms with Gasteiger partial charge < -0.3 is 0 Å². The summed E-state index contributed by atoms with van der Waals surface area (Å²) in [5.41, 5.74) is 0.565. The van der Waals surface area contributed by atoms with Gasteiger partial charge in [0.2, 0.25) is 0 Å². The van der Waals surface area contributed by atoms with Gasteiger partial charge in [0.1, 0.15) is 0 Å². The number of anilines is 1. The van der Waals surface area contributed by atoms with Crippen LogP contribution in [-0.2, 0) is 0 Å². The normalized spacial score (nSPS) is 10.0. The minimum absolute atomic E-state index is 0.00814. The number of benzene rings is 1. The van der Waals surface area contributed by atoms with Gasteiger partial charge in [-0.1, -0.05) is 13.3 Å². The molecule has 0 atom stereocenters. The molecule has 0 saturated carbocycles. The summed E-state index contributed by atoms with van der Waals surface area (Å²) in [5, 5.41) is 9.91. The average Bonchev–Trinajstić information content (AvgIpc) is 2.29. The number of nitrogens with zero attached hydrogens (tertiary/aromatic N) is 2. The van der Waals surface area contributed by atoms with E-state index in [2.05, 4.69) is 0 Å². The molecule has 0 saturated heterocycles. The number of carbonyl (C=O) groups is 1. The highest BCUT2D eigenvalue weighted by Gasteiger charge is 2.14. The highest BCUT2D eigenvalue weighted by Crippen LogP contribution is 2.21. The predicted octanol–water partition coefficient (Wildman–Crippen LogP) is 3.56. The van der Waals surface area contributed by atoms with E-state index in [-0.39, 0.29) is 5.69 Å². The van der Waals surface area contributed by atoms with E-state index in [0.29, 0.717) is 12.2 Å². The van der Waals surface area contributed by atoms with Crippen molar-refractivity contribution in [1.82, 2.24) is 0 Å². The molecule has 0 unspecified atom stereocenters. The van der Waals surface area contributed by atoms with Crippen LogP contribution in [0.1, 0.15) is 19.8 Å². The van der Waals surface area contributed by atoms with Gasteiger partial charge in [0, 0.05) is 24.4 Å². The maximum Gasteiger partial charge on any atom is 0.320 e. The molecular weight excluding hydrogens is 244 g/mol. The Morgan fingerprint density at radius 2 is 2.00 bits per heavy atom. The molecule has 1 aromatic carbocycles. The number of nitro groups is 1. The fourth-order valence-corrected chi connectivity index (χ4v) is 1.57. The van der Waals surface area contributed by atoms with Gasteiger partial charge >= 0.3 is 5.37 Å². The predicted molar refractivity (Wildman–Crippen MR) is 66.6 cm³/mol. The van der Waals surface area contributed by atoms with Gasteiger partial charge in [-0.05, 0) is 30.2 Å². The lowest BCUT2D eigenvalue weighted by molar-refractivity contribution is -0.384. The molecule has 17 heavy (non-hydrogen) atoms. The first-order valence-electron chi connectivity index (χ1n) is 5.27. The number of unbranched alkanes of at least 4 members (excludes halogenated alkanes) is 1. The molecule has 1 amide bonds. The minimum Gasteiger partial charge on any atom is -0.299 e. The van der Waals surface area contributed by atoms with Crippen LogP contribution in [0, 0.1) is 10.1 Å². The molecular formula is C11H13ClN2O3. The first-order valence-corrected chi connectivity index (χ1v) is 5.65. The van der Waals surface area contributed by atoms with E-state index in [1.165, 1.54) is 29.2 Å². The first-order chi connectivity index (χ1) is 8.06. The van der Waals surface area contributed by atoms with Crippen LogP contribution in [0.3, 0.4) is 0 Å². The second-order valence-electron chi connectivity index (χ2n) is 3.53. The van der Waals surface area contributed by atoms with Crippen LogP contribution in [0.15, 0.2) is 24.3 Å². The van der Waals surface area contributed by atoms with Gasteiger partial charge in [-0.15, -0.1) is 0 Å². The Bertz CT molecular complexity index is 406. The maximum atomic E-state index is 11.2. The third kappa shape index (κ3) is 3.71. The lowest BCUT2D eigenvalue weighted by Crippen LogP contribution is -2.26. The van der Waals surface area contributed by atoms with Gasteiger partial charge in [-0.25, -0.2) is 0 Å². The zero-order valence-corrected chi connectivity index (χ0v) is 10.2. The molecule has 0 spiro atoms. The van der Waals surface area contributed by atoms with Crippen molar-refractivity contribution in [2.45, 2.75) is 19.8 Å². The summed E-state index contributed by atoms with van der Waals surface area (Å²) in [6, 6.07) is 5.75. The largest absolute Gasteiger partial charge is 0.320 e. The number of halogens is 1. The quantitative estimate of drug-likeness (QED) is 0.350. The van der Waals surface area contributed by atoms with Crippen LogP contribution < -0.4 is 4.90 Å². The molecule has 0 aliphatic carbocycles. The summed E-state index contributed by atoms with van der Waals surface area (Å²) in [5.74, 6) is 0. The molecule has 0 aliphatic heterocycles. The molecule has 0 N–H and O–H groups in total. The molecule has 0 heterocycles. The molecule has 0 bridgehead atoms. The van der Waals surface area contributed by atoms with E-state index in [0.717, 1.165) is 12.8 Å². The maximum absolute atomic E-state index is 11.2. The van der Waals surface area contributed by atoms with Gasteiger partial charge in [0.25, 0.3) is 5.69 Å². The molecule has 0 aliphatic rings. The Balaban J connectivity index is 2.87. The Labute approximate surface area is 104 Å². The van der Waals surface area contributed by atoms with Crippen molar-refractivity contribution < 1.29 is 9.72 Å². The minimum atomic E-state index is -0.577. The first kappa shape index (κ1) is 13.4. The van der Waals surface area contributed by atoms with E-state index in [9.17, 15) is 14.9 Å². The van der Waals surface area contributed by atoms with Crippen molar-refractivity contribution in [3.05, 3.63) is 34.4 Å². The smallest absolute Gasteiger partial charge is 0.299 e. The number of carbonyl (C=O) groups excluding carboxylic acids is 1. The van der Waals surface area contributed by atoms with Crippen molar-refractivity contribution in [3.63, 3.8) is 0 Å². The van der Waals surface area contributed by atoms with Gasteiger partial charge in [-0.3, -0.25) is 19.8 Å². The van der Waals surface area contributed by atoms with Crippen molar-refractivity contribution in [1.29, 1.82) is 0 Å². The number of non-ortho nitro benzene ring substituents is 1. The molecule has 0 radical (unpaired) electrons. The summed E-state index contributed by atoms with van der Waals surface area (Å²) >= 11 is 5.47. The Hall–Kier alpha value is -1.62. The third-order valence-electron chi connectivity index (χ3n) is 2.32. The lowest BCUT2D eigenvalue weighted by atomic mass is 10.2. The fourth-order valence-electron chi connectivity index (χ4n) is 1.39. The molecule has 5 nitrogen and oxygen atoms in total. The highest BCUT2D eigenvalue weighted by molar-refractivity contribution is 6.66. The number of nitro benzene ring substituents is 1. The van der Waals surface area contributed by atoms with Crippen molar-refractivity contribution in [2.75, 3.05) is 11.4 Å². The lowest BCUT2D eigenvalue weighted by Gasteiger charge is -2.19. The zero-order valence-electron chi connectivity index (χ0n) is 9.43. The average molecular weight is 257 g/mol. The SMILES string of the molecule is CCCCN(C(=O)Cl)c1ccc([N+](=O)[O-])cc1. The molecule has 0 fully saturated rings. The Morgan fingerprint density at radius 3 is 2.41 bits per heavy atom. The van der Waals surface area contributed by atoms with Crippen molar-refractivity contribution in [2.24, 2.45) is 0 Å². The highest BCUT2D eigenvalue weighted by atomic mass is 35.5. The summed E-state index contributed by atoms with van der Waals surface area (Å²) in [7, 11) is 0. The van der Waals surface area contributed by atoms with Crippen LogP contribution >= 0.6 is 11.6 Å². The number of amides is 1. The van der Waals surface area contributed by atoms with E-state index in [4.69, 9.17) is 11.6 Å². The van der Waals surface area contributed by atoms with E-state index in [1.807, 2.05) is 6.92 Å². The summed E-state index contributed by atoms with van der Waals surface area (Å²) in [6.45, 7) is 2.52. The van der Waals surface area contributed by atoms with Gasteiger partial charge in [0.15, 0.2) is 0 Å². The van der Waals surface area contributed by atoms with E-state index < -0.39 is 10.3 Å². The van der Waals surface area contributed by atoms with Gasteiger partial charge in [0.05, 0.1) is 4.92 Å². The van der Waals surface area contributed by atoms with Crippen LogP contribution in [0.5, 0.6) is 0 Å². The second-order valence-corrected chi connectivity index (χ2v) is 3.85. The summed E-state index contributed by atoms with van der Waals surface area (Å²) < 4.78 is 0. The molecule has 1 rings (SSSR count). The summed E-state index contributed by atoms with van der Waals surface area (Å²) in [4.78, 5) is 22.6. The van der Waals surface area contributed by atoms with Crippen LogP contribution in [-0.4, -0.2) is 16.8 Å². The van der Waals surface area contributed by atoms with Gasteiger partial charge in [-0.2, -0.15) is 0 Å². The summed E-state index contributed by atoms with van der Waals surface area (Å²) in [6.07, 6.45) is 1.77. The Kier molecular flexibility index (Phi) is 4.90. The number of hydrogen-bond acceptors (Lipinski definition) is 3. The van der Waals surface area contributed by atoms with Crippen molar-refractivity contribution >= 4 is 28.3 Å².